The number of carbonyl (C=O) groups is 2. The Bertz CT molecular complexity index is 845. The van der Waals surface area contributed by atoms with E-state index in [0.717, 1.165) is 42.0 Å². The molecule has 6 nitrogen and oxygen atoms in total. The molecular weight excluding hydrogens is 366 g/mol. The first-order valence-electron chi connectivity index (χ1n) is 10.2. The van der Waals surface area contributed by atoms with Crippen molar-refractivity contribution in [3.05, 3.63) is 48.0 Å². The van der Waals surface area contributed by atoms with Crippen molar-refractivity contribution in [3.8, 4) is 6.07 Å². The fraction of sp³-hybridized carbons (Fsp3) is 0.435. The fourth-order valence-corrected chi connectivity index (χ4v) is 3.08. The van der Waals surface area contributed by atoms with E-state index in [9.17, 15) is 9.59 Å². The van der Waals surface area contributed by atoms with Crippen LogP contribution in [0.4, 0.5) is 4.79 Å². The summed E-state index contributed by atoms with van der Waals surface area (Å²) < 4.78 is 5.20. The van der Waals surface area contributed by atoms with Gasteiger partial charge in [-0.2, -0.15) is 5.26 Å². The number of fused-ring (bicyclic) bond motifs is 1. The molecule has 0 saturated carbocycles. The fourth-order valence-electron chi connectivity index (χ4n) is 3.08. The van der Waals surface area contributed by atoms with E-state index in [1.165, 1.54) is 0 Å². The molecule has 0 heterocycles. The van der Waals surface area contributed by atoms with Crippen LogP contribution < -0.4 is 10.6 Å². The van der Waals surface area contributed by atoms with Crippen LogP contribution in [0.15, 0.2) is 42.5 Å². The summed E-state index contributed by atoms with van der Waals surface area (Å²) in [5.74, 6) is -0.787. The molecule has 0 aromatic heterocycles. The van der Waals surface area contributed by atoms with Crippen molar-refractivity contribution in [1.29, 1.82) is 5.26 Å². The van der Waals surface area contributed by atoms with Gasteiger partial charge in [0.25, 0.3) is 0 Å². The summed E-state index contributed by atoms with van der Waals surface area (Å²) in [4.78, 5) is 24.7. The van der Waals surface area contributed by atoms with Gasteiger partial charge in [-0.15, -0.1) is 0 Å². The number of rotatable bonds is 11. The van der Waals surface area contributed by atoms with Crippen LogP contribution in [-0.2, 0) is 9.53 Å². The molecule has 1 unspecified atom stereocenters. The summed E-state index contributed by atoms with van der Waals surface area (Å²) in [6.45, 7) is 2.91. The van der Waals surface area contributed by atoms with Gasteiger partial charge in [0, 0.05) is 13.1 Å². The Morgan fingerprint density at radius 1 is 1.07 bits per heavy atom. The molecule has 2 amide bonds. The van der Waals surface area contributed by atoms with Crippen LogP contribution in [-0.4, -0.2) is 31.7 Å². The van der Waals surface area contributed by atoms with E-state index in [1.54, 1.807) is 0 Å². The highest BCUT2D eigenvalue weighted by Gasteiger charge is 2.22. The molecule has 0 aliphatic carbocycles. The van der Waals surface area contributed by atoms with Gasteiger partial charge in [0.05, 0.1) is 25.0 Å². The second-order valence-electron chi connectivity index (χ2n) is 6.94. The number of unbranched alkanes of at least 4 members (excludes halogenated alkanes) is 3. The summed E-state index contributed by atoms with van der Waals surface area (Å²) in [5.41, 5.74) is 0.807. The third-order valence-corrected chi connectivity index (χ3v) is 4.71. The van der Waals surface area contributed by atoms with Crippen LogP contribution >= 0.6 is 0 Å². The number of carbonyl (C=O) groups excluding carboxylic acids is 2. The van der Waals surface area contributed by atoms with Gasteiger partial charge in [0.1, 0.15) is 0 Å². The number of hydrogen-bond acceptors (Lipinski definition) is 4. The smallest absolute Gasteiger partial charge is 0.407 e. The van der Waals surface area contributed by atoms with Gasteiger partial charge >= 0.3 is 6.09 Å². The maximum Gasteiger partial charge on any atom is 0.407 e. The average molecular weight is 396 g/mol. The van der Waals surface area contributed by atoms with Gasteiger partial charge in [-0.25, -0.2) is 4.79 Å². The van der Waals surface area contributed by atoms with E-state index in [2.05, 4.69) is 17.6 Å². The molecule has 0 spiro atoms. The van der Waals surface area contributed by atoms with E-state index >= 15 is 0 Å². The third-order valence-electron chi connectivity index (χ3n) is 4.71. The van der Waals surface area contributed by atoms with Crippen LogP contribution in [0, 0.1) is 11.3 Å². The third kappa shape index (κ3) is 7.46. The van der Waals surface area contributed by atoms with Gasteiger partial charge in [-0.1, -0.05) is 68.7 Å². The van der Waals surface area contributed by atoms with E-state index in [4.69, 9.17) is 10.00 Å². The Kier molecular flexibility index (Phi) is 9.50. The van der Waals surface area contributed by atoms with Crippen molar-refractivity contribution < 1.29 is 14.3 Å². The quantitative estimate of drug-likeness (QED) is 0.556. The van der Waals surface area contributed by atoms with Crippen LogP contribution in [0.2, 0.25) is 0 Å². The summed E-state index contributed by atoms with van der Waals surface area (Å²) in [6.07, 6.45) is 3.84. The van der Waals surface area contributed by atoms with Crippen molar-refractivity contribution in [2.45, 2.75) is 44.9 Å². The van der Waals surface area contributed by atoms with E-state index in [0.29, 0.717) is 6.61 Å². The van der Waals surface area contributed by atoms with E-state index in [-0.39, 0.29) is 25.4 Å². The monoisotopic (exact) mass is 395 g/mol. The zero-order chi connectivity index (χ0) is 20.9. The second-order valence-corrected chi connectivity index (χ2v) is 6.94. The Morgan fingerprint density at radius 2 is 1.86 bits per heavy atom. The molecule has 0 aliphatic rings. The topological polar surface area (TPSA) is 91.2 Å². The molecule has 0 fully saturated rings. The van der Waals surface area contributed by atoms with Gasteiger partial charge in [0.15, 0.2) is 0 Å². The zero-order valence-electron chi connectivity index (χ0n) is 16.9. The van der Waals surface area contributed by atoms with Crippen LogP contribution in [0.25, 0.3) is 10.8 Å². The molecule has 2 rings (SSSR count). The van der Waals surface area contributed by atoms with Crippen LogP contribution in [0.1, 0.15) is 50.5 Å². The summed E-state index contributed by atoms with van der Waals surface area (Å²) in [5, 5.41) is 16.3. The first kappa shape index (κ1) is 22.2. The number of nitrogens with zero attached hydrogens (tertiary/aromatic N) is 1. The van der Waals surface area contributed by atoms with Crippen LogP contribution in [0.3, 0.4) is 0 Å². The predicted octanol–water partition coefficient (Wildman–Crippen LogP) is 4.26. The Balaban J connectivity index is 2.01. The van der Waals surface area contributed by atoms with Crippen molar-refractivity contribution in [2.24, 2.45) is 0 Å². The molecule has 0 aliphatic heterocycles. The van der Waals surface area contributed by atoms with Crippen molar-refractivity contribution in [2.75, 3.05) is 19.7 Å². The molecule has 0 bridgehead atoms. The number of alkyl carbamates (subject to hydrolysis) is 1. The number of benzene rings is 2. The average Bonchev–Trinajstić information content (AvgIpc) is 2.74. The highest BCUT2D eigenvalue weighted by Crippen LogP contribution is 2.22. The van der Waals surface area contributed by atoms with Gasteiger partial charge in [-0.05, 0) is 22.8 Å². The Labute approximate surface area is 172 Å². The SMILES string of the molecule is CCCCCCOC(=O)NCC(C(=O)NCCC#N)c1ccc2ccccc2c1. The minimum absolute atomic E-state index is 0.129. The molecule has 6 heteroatoms. The molecule has 1 atom stereocenters. The molecule has 2 N–H and O–H groups in total. The van der Waals surface area contributed by atoms with Crippen molar-refractivity contribution in [1.82, 2.24) is 10.6 Å². The van der Waals surface area contributed by atoms with Crippen molar-refractivity contribution >= 4 is 22.8 Å². The predicted molar refractivity (Wildman–Crippen MR) is 113 cm³/mol. The molecule has 2 aromatic rings. The van der Waals surface area contributed by atoms with Gasteiger partial charge < -0.3 is 15.4 Å². The maximum absolute atomic E-state index is 12.7. The molecule has 154 valence electrons. The molecule has 29 heavy (non-hydrogen) atoms. The highest BCUT2D eigenvalue weighted by atomic mass is 16.5. The number of nitrogens with one attached hydrogen (secondary N) is 2. The second kappa shape index (κ2) is 12.4. The molecule has 2 aromatic carbocycles. The molecule has 0 saturated heterocycles. The zero-order valence-corrected chi connectivity index (χ0v) is 16.9. The van der Waals surface area contributed by atoms with Crippen molar-refractivity contribution in [3.63, 3.8) is 0 Å². The first-order chi connectivity index (χ1) is 14.2. The molecular formula is C23H29N3O3. The lowest BCUT2D eigenvalue weighted by atomic mass is 9.95. The van der Waals surface area contributed by atoms with E-state index < -0.39 is 12.0 Å². The Hall–Kier alpha value is -3.07. The largest absolute Gasteiger partial charge is 0.450 e. The summed E-state index contributed by atoms with van der Waals surface area (Å²) >= 11 is 0. The van der Waals surface area contributed by atoms with Crippen LogP contribution in [0.5, 0.6) is 0 Å². The lowest BCUT2D eigenvalue weighted by molar-refractivity contribution is -0.122. The standard InChI is InChI=1S/C23H29N3O3/c1-2-3-4-7-15-29-23(28)26-17-21(22(27)25-14-8-13-24)20-12-11-18-9-5-6-10-19(18)16-20/h5-6,9-12,16,21H,2-4,7-8,14-15,17H2,1H3,(H,25,27)(H,26,28). The highest BCUT2D eigenvalue weighted by molar-refractivity contribution is 5.88. The minimum atomic E-state index is -0.564. The Morgan fingerprint density at radius 3 is 2.62 bits per heavy atom. The number of hydrogen-bond donors (Lipinski definition) is 2. The maximum atomic E-state index is 12.7. The minimum Gasteiger partial charge on any atom is -0.450 e. The first-order valence-corrected chi connectivity index (χ1v) is 10.2. The summed E-state index contributed by atoms with van der Waals surface area (Å²) in [7, 11) is 0. The number of nitriles is 1. The lowest BCUT2D eigenvalue weighted by Crippen LogP contribution is -2.38. The normalized spacial score (nSPS) is 11.4. The number of amides is 2. The van der Waals surface area contributed by atoms with E-state index in [1.807, 2.05) is 48.5 Å². The lowest BCUT2D eigenvalue weighted by Gasteiger charge is -2.18. The molecule has 0 radical (unpaired) electrons. The number of ether oxygens (including phenoxy) is 1. The van der Waals surface area contributed by atoms with Gasteiger partial charge in [0.2, 0.25) is 5.91 Å². The van der Waals surface area contributed by atoms with Gasteiger partial charge in [-0.3, -0.25) is 4.79 Å². The summed E-state index contributed by atoms with van der Waals surface area (Å²) in [6, 6.07) is 15.7.